The minimum Gasteiger partial charge on any atom is -0.207 e. The lowest BCUT2D eigenvalue weighted by Gasteiger charge is -2.15. The van der Waals surface area contributed by atoms with Crippen LogP contribution in [-0.2, 0) is 0 Å². The molecule has 19 heavy (non-hydrogen) atoms. The van der Waals surface area contributed by atoms with E-state index in [2.05, 4.69) is 31.9 Å². The van der Waals surface area contributed by atoms with Gasteiger partial charge in [-0.2, -0.15) is 0 Å². The van der Waals surface area contributed by atoms with Gasteiger partial charge in [-0.05, 0) is 47.9 Å². The fourth-order valence-electron chi connectivity index (χ4n) is 1.75. The predicted molar refractivity (Wildman–Crippen MR) is 86.1 cm³/mol. The Hall–Kier alpha value is -0.0900. The maximum absolute atomic E-state index is 13.4. The summed E-state index contributed by atoms with van der Waals surface area (Å²) < 4.78 is 14.4. The van der Waals surface area contributed by atoms with Crippen molar-refractivity contribution in [3.63, 3.8) is 0 Å². The van der Waals surface area contributed by atoms with Crippen molar-refractivity contribution in [2.24, 2.45) is 0 Å². The summed E-state index contributed by atoms with van der Waals surface area (Å²) in [5.74, 6) is -0.311. The first-order valence-corrected chi connectivity index (χ1v) is 7.91. The second-order valence-corrected chi connectivity index (χ2v) is 6.80. The quantitative estimate of drug-likeness (QED) is 0.469. The second kappa shape index (κ2) is 6.13. The highest BCUT2D eigenvalue weighted by molar-refractivity contribution is 9.10. The molecule has 0 bridgehead atoms. The Kier molecular flexibility index (Phi) is 4.93. The van der Waals surface area contributed by atoms with Gasteiger partial charge in [-0.25, -0.2) is 4.39 Å². The van der Waals surface area contributed by atoms with Crippen LogP contribution in [-0.4, -0.2) is 0 Å². The topological polar surface area (TPSA) is 0 Å². The fourth-order valence-corrected chi connectivity index (χ4v) is 3.64. The summed E-state index contributed by atoms with van der Waals surface area (Å²) in [6.45, 7) is 1.71. The van der Waals surface area contributed by atoms with Gasteiger partial charge in [0.2, 0.25) is 0 Å². The Balaban J connectivity index is 2.52. The van der Waals surface area contributed by atoms with Crippen LogP contribution in [0.5, 0.6) is 0 Å². The summed E-state index contributed by atoms with van der Waals surface area (Å²) in [5, 5.41) is 1.00. The molecule has 0 nitrogen and oxygen atoms in total. The molecule has 0 radical (unpaired) electrons. The van der Waals surface area contributed by atoms with Crippen molar-refractivity contribution in [2.75, 3.05) is 0 Å². The lowest BCUT2D eigenvalue weighted by Crippen LogP contribution is -1.97. The van der Waals surface area contributed by atoms with Crippen LogP contribution < -0.4 is 0 Å². The van der Waals surface area contributed by atoms with Crippen molar-refractivity contribution in [1.82, 2.24) is 0 Å². The first-order chi connectivity index (χ1) is 8.90. The molecule has 0 N–H and O–H groups in total. The number of hydrogen-bond donors (Lipinski definition) is 0. The van der Waals surface area contributed by atoms with Crippen LogP contribution in [0.15, 0.2) is 34.8 Å². The maximum atomic E-state index is 13.4. The van der Waals surface area contributed by atoms with E-state index in [-0.39, 0.29) is 10.6 Å². The average Bonchev–Trinajstić information content (AvgIpc) is 2.36. The average molecular weight is 427 g/mol. The van der Waals surface area contributed by atoms with Gasteiger partial charge in [0.05, 0.1) is 4.83 Å². The van der Waals surface area contributed by atoms with Crippen LogP contribution in [0.25, 0.3) is 0 Å². The highest BCUT2D eigenvalue weighted by Gasteiger charge is 2.18. The summed E-state index contributed by atoms with van der Waals surface area (Å²) in [6.07, 6.45) is 0. The third-order valence-corrected chi connectivity index (χ3v) is 4.93. The normalized spacial score (nSPS) is 12.5. The van der Waals surface area contributed by atoms with Crippen LogP contribution in [0.2, 0.25) is 10.0 Å². The molecular formula is C14H9Br2Cl2F. The van der Waals surface area contributed by atoms with E-state index >= 15 is 0 Å². The molecule has 2 aromatic rings. The summed E-state index contributed by atoms with van der Waals surface area (Å²) >= 11 is 19.3. The summed E-state index contributed by atoms with van der Waals surface area (Å²) in [5.41, 5.74) is 2.22. The monoisotopic (exact) mass is 424 g/mol. The minimum atomic E-state index is -0.311. The maximum Gasteiger partial charge on any atom is 0.127 e. The highest BCUT2D eigenvalue weighted by Crippen LogP contribution is 2.40. The first-order valence-electron chi connectivity index (χ1n) is 5.44. The molecule has 0 aliphatic carbocycles. The number of rotatable bonds is 2. The van der Waals surface area contributed by atoms with E-state index in [0.717, 1.165) is 15.6 Å². The van der Waals surface area contributed by atoms with Crippen molar-refractivity contribution in [1.29, 1.82) is 0 Å². The largest absolute Gasteiger partial charge is 0.207 e. The molecule has 1 atom stereocenters. The molecule has 5 heteroatoms. The summed E-state index contributed by atoms with van der Waals surface area (Å²) in [4.78, 5) is -0.190. The third kappa shape index (κ3) is 3.33. The zero-order valence-corrected chi connectivity index (χ0v) is 14.5. The third-order valence-electron chi connectivity index (χ3n) is 2.78. The molecule has 0 spiro atoms. The van der Waals surface area contributed by atoms with Gasteiger partial charge in [0.25, 0.3) is 0 Å². The van der Waals surface area contributed by atoms with Crippen molar-refractivity contribution >= 4 is 55.1 Å². The van der Waals surface area contributed by atoms with Crippen molar-refractivity contribution < 1.29 is 4.39 Å². The number of alkyl halides is 1. The molecule has 0 saturated carbocycles. The molecule has 0 aromatic heterocycles. The Labute approximate surface area is 138 Å². The number of aryl methyl sites for hydroxylation is 1. The number of hydrogen-bond acceptors (Lipinski definition) is 0. The molecule has 0 aliphatic rings. The van der Waals surface area contributed by atoms with Gasteiger partial charge >= 0.3 is 0 Å². The van der Waals surface area contributed by atoms with E-state index in [9.17, 15) is 4.39 Å². The van der Waals surface area contributed by atoms with Crippen molar-refractivity contribution in [3.05, 3.63) is 67.4 Å². The van der Waals surface area contributed by atoms with E-state index in [1.165, 1.54) is 6.07 Å². The lowest BCUT2D eigenvalue weighted by atomic mass is 10.0. The number of benzene rings is 2. The Morgan fingerprint density at radius 2 is 1.68 bits per heavy atom. The smallest absolute Gasteiger partial charge is 0.127 e. The van der Waals surface area contributed by atoms with Gasteiger partial charge in [-0.15, -0.1) is 0 Å². The molecular weight excluding hydrogens is 418 g/mol. The Morgan fingerprint density at radius 3 is 2.37 bits per heavy atom. The van der Waals surface area contributed by atoms with E-state index < -0.39 is 0 Å². The zero-order chi connectivity index (χ0) is 14.2. The van der Waals surface area contributed by atoms with Gasteiger partial charge in [0, 0.05) is 14.5 Å². The van der Waals surface area contributed by atoms with Gasteiger partial charge in [0.1, 0.15) is 5.82 Å². The van der Waals surface area contributed by atoms with Crippen LogP contribution in [0.4, 0.5) is 4.39 Å². The minimum absolute atomic E-state index is 0.190. The Bertz CT molecular complexity index is 629. The molecule has 0 saturated heterocycles. The highest BCUT2D eigenvalue weighted by atomic mass is 79.9. The molecule has 2 rings (SSSR count). The summed E-state index contributed by atoms with van der Waals surface area (Å²) in [6, 6.07) is 8.64. The van der Waals surface area contributed by atoms with Gasteiger partial charge in [-0.3, -0.25) is 0 Å². The Morgan fingerprint density at radius 1 is 1.05 bits per heavy atom. The van der Waals surface area contributed by atoms with E-state index in [1.54, 1.807) is 19.1 Å². The van der Waals surface area contributed by atoms with Gasteiger partial charge in [-0.1, -0.05) is 61.1 Å². The van der Waals surface area contributed by atoms with Crippen molar-refractivity contribution in [3.8, 4) is 0 Å². The predicted octanol–water partition coefficient (Wildman–Crippen LogP) is 6.69. The first kappa shape index (κ1) is 15.3. The van der Waals surface area contributed by atoms with Crippen LogP contribution >= 0.6 is 55.1 Å². The number of halogens is 5. The molecule has 0 heterocycles. The summed E-state index contributed by atoms with van der Waals surface area (Å²) in [7, 11) is 0. The van der Waals surface area contributed by atoms with Gasteiger partial charge < -0.3 is 0 Å². The fraction of sp³-hybridized carbons (Fsp3) is 0.143. The molecule has 1 unspecified atom stereocenters. The van der Waals surface area contributed by atoms with Crippen LogP contribution in [0, 0.1) is 12.7 Å². The molecule has 100 valence electrons. The van der Waals surface area contributed by atoms with E-state index in [0.29, 0.717) is 15.6 Å². The molecule has 0 amide bonds. The van der Waals surface area contributed by atoms with Crippen molar-refractivity contribution in [2.45, 2.75) is 11.8 Å². The van der Waals surface area contributed by atoms with Crippen LogP contribution in [0.3, 0.4) is 0 Å². The standard InChI is InChI=1S/C14H9Br2Cl2F/c1-7-4-9(12(18)6-13(7)19)14(16)10-5-8(15)2-3-11(10)17/h2-6,14H,1H3. The lowest BCUT2D eigenvalue weighted by molar-refractivity contribution is 0.618. The van der Waals surface area contributed by atoms with E-state index in [4.69, 9.17) is 23.2 Å². The molecule has 0 aliphatic heterocycles. The van der Waals surface area contributed by atoms with Crippen LogP contribution in [0.1, 0.15) is 21.5 Å². The zero-order valence-electron chi connectivity index (χ0n) is 9.85. The van der Waals surface area contributed by atoms with Gasteiger partial charge in [0.15, 0.2) is 0 Å². The molecule has 0 fully saturated rings. The van der Waals surface area contributed by atoms with E-state index in [1.807, 2.05) is 12.1 Å². The molecule has 2 aromatic carbocycles. The second-order valence-electron chi connectivity index (χ2n) is 4.15. The SMILES string of the molecule is Cc1cc(C(Br)c2cc(Br)ccc2Cl)c(Cl)cc1F.